The van der Waals surface area contributed by atoms with Crippen LogP contribution in [0.1, 0.15) is 18.0 Å². The first-order valence-corrected chi connectivity index (χ1v) is 5.53. The lowest BCUT2D eigenvalue weighted by Gasteiger charge is -2.15. The van der Waals surface area contributed by atoms with E-state index in [1.807, 2.05) is 6.07 Å². The van der Waals surface area contributed by atoms with Gasteiger partial charge < -0.3 is 10.1 Å². The van der Waals surface area contributed by atoms with E-state index in [-0.39, 0.29) is 18.4 Å². The second-order valence-electron chi connectivity index (χ2n) is 3.30. The molecule has 1 rings (SSSR count). The van der Waals surface area contributed by atoms with Crippen molar-refractivity contribution in [3.05, 3.63) is 33.8 Å². The molecule has 0 aliphatic carbocycles. The van der Waals surface area contributed by atoms with Crippen molar-refractivity contribution < 1.29 is 9.53 Å². The first kappa shape index (κ1) is 13.3. The number of ether oxygens (including phenoxy) is 1. The van der Waals surface area contributed by atoms with Crippen LogP contribution < -0.4 is 5.32 Å². The number of carbonyl (C=O) groups is 1. The van der Waals surface area contributed by atoms with Crippen molar-refractivity contribution in [2.24, 2.45) is 0 Å². The number of hydrogen-bond donors (Lipinski definition) is 1. The van der Waals surface area contributed by atoms with Crippen molar-refractivity contribution in [3.8, 4) is 0 Å². The Bertz CT molecular complexity index is 382. The van der Waals surface area contributed by atoms with Crippen molar-refractivity contribution in [2.45, 2.75) is 12.5 Å². The Balaban J connectivity index is 2.86. The van der Waals surface area contributed by atoms with Gasteiger partial charge in [0.05, 0.1) is 23.6 Å². The molecule has 0 amide bonds. The monoisotopic (exact) mass is 261 g/mol. The van der Waals surface area contributed by atoms with Gasteiger partial charge in [0, 0.05) is 6.04 Å². The summed E-state index contributed by atoms with van der Waals surface area (Å²) in [4.78, 5) is 11.2. The molecule has 3 nitrogen and oxygen atoms in total. The molecular formula is C11H13Cl2NO2. The Kier molecular flexibility index (Phi) is 5.06. The third kappa shape index (κ3) is 3.37. The van der Waals surface area contributed by atoms with E-state index in [0.717, 1.165) is 5.56 Å². The van der Waals surface area contributed by atoms with Gasteiger partial charge in [0.2, 0.25) is 0 Å². The zero-order valence-corrected chi connectivity index (χ0v) is 10.6. The molecule has 16 heavy (non-hydrogen) atoms. The van der Waals surface area contributed by atoms with Gasteiger partial charge in [-0.25, -0.2) is 0 Å². The van der Waals surface area contributed by atoms with Gasteiger partial charge in [-0.1, -0.05) is 29.3 Å². The van der Waals surface area contributed by atoms with E-state index >= 15 is 0 Å². The quantitative estimate of drug-likeness (QED) is 0.848. The number of rotatable bonds is 4. The van der Waals surface area contributed by atoms with E-state index in [1.165, 1.54) is 7.11 Å². The van der Waals surface area contributed by atoms with Crippen molar-refractivity contribution >= 4 is 29.2 Å². The first-order chi connectivity index (χ1) is 7.58. The average molecular weight is 262 g/mol. The zero-order valence-electron chi connectivity index (χ0n) is 9.09. The number of carbonyl (C=O) groups excluding carboxylic acids is 1. The summed E-state index contributed by atoms with van der Waals surface area (Å²) in [6, 6.07) is 5.16. The third-order valence-corrected chi connectivity index (χ3v) is 3.03. The molecular weight excluding hydrogens is 249 g/mol. The molecule has 1 aromatic carbocycles. The van der Waals surface area contributed by atoms with Gasteiger partial charge in [-0.3, -0.25) is 4.79 Å². The molecule has 0 aromatic heterocycles. The maximum Gasteiger partial charge on any atom is 0.307 e. The highest BCUT2D eigenvalue weighted by atomic mass is 35.5. The highest BCUT2D eigenvalue weighted by molar-refractivity contribution is 6.42. The molecule has 0 aliphatic rings. The third-order valence-electron chi connectivity index (χ3n) is 2.29. The number of methoxy groups -OCH3 is 1. The number of benzene rings is 1. The topological polar surface area (TPSA) is 38.3 Å². The van der Waals surface area contributed by atoms with Crippen LogP contribution in [0.5, 0.6) is 0 Å². The molecule has 0 spiro atoms. The van der Waals surface area contributed by atoms with Crippen LogP contribution in [-0.2, 0) is 9.53 Å². The molecule has 0 bridgehead atoms. The molecule has 88 valence electrons. The van der Waals surface area contributed by atoms with E-state index < -0.39 is 0 Å². The minimum atomic E-state index is -0.273. The Labute approximate surface area is 105 Å². The summed E-state index contributed by atoms with van der Waals surface area (Å²) in [5, 5.41) is 4.00. The predicted octanol–water partition coefficient (Wildman–Crippen LogP) is 2.82. The molecule has 1 aromatic rings. The largest absolute Gasteiger partial charge is 0.469 e. The van der Waals surface area contributed by atoms with Crippen molar-refractivity contribution in [1.82, 2.24) is 5.32 Å². The van der Waals surface area contributed by atoms with Gasteiger partial charge in [-0.05, 0) is 24.7 Å². The van der Waals surface area contributed by atoms with Gasteiger partial charge >= 0.3 is 5.97 Å². The molecule has 0 heterocycles. The fourth-order valence-corrected chi connectivity index (χ4v) is 1.67. The van der Waals surface area contributed by atoms with Crippen LogP contribution in [0.4, 0.5) is 0 Å². The summed E-state index contributed by atoms with van der Waals surface area (Å²) in [5.41, 5.74) is 0.905. The van der Waals surface area contributed by atoms with Crippen molar-refractivity contribution in [2.75, 3.05) is 14.2 Å². The fraction of sp³-hybridized carbons (Fsp3) is 0.364. The summed E-state index contributed by atoms with van der Waals surface area (Å²) in [6.45, 7) is 0. The lowest BCUT2D eigenvalue weighted by Crippen LogP contribution is -2.20. The van der Waals surface area contributed by atoms with E-state index in [0.29, 0.717) is 10.0 Å². The van der Waals surface area contributed by atoms with Gasteiger partial charge in [0.15, 0.2) is 0 Å². The summed E-state index contributed by atoms with van der Waals surface area (Å²) in [6.07, 6.45) is 0.255. The normalized spacial score (nSPS) is 12.2. The maximum absolute atomic E-state index is 11.2. The molecule has 0 saturated carbocycles. The van der Waals surface area contributed by atoms with Crippen LogP contribution in [0.15, 0.2) is 18.2 Å². The molecule has 0 radical (unpaired) electrons. The van der Waals surface area contributed by atoms with E-state index in [1.54, 1.807) is 19.2 Å². The molecule has 1 atom stereocenters. The van der Waals surface area contributed by atoms with Crippen LogP contribution >= 0.6 is 23.2 Å². The molecule has 5 heteroatoms. The fourth-order valence-electron chi connectivity index (χ4n) is 1.37. The van der Waals surface area contributed by atoms with E-state index in [9.17, 15) is 4.79 Å². The summed E-state index contributed by atoms with van der Waals surface area (Å²) in [7, 11) is 3.14. The number of halogens is 2. The maximum atomic E-state index is 11.2. The van der Waals surface area contributed by atoms with E-state index in [4.69, 9.17) is 23.2 Å². The standard InChI is InChI=1S/C11H13Cl2NO2/c1-14-10(6-11(15)16-2)7-3-4-8(12)9(13)5-7/h3-5,10,14H,6H2,1-2H3. The average Bonchev–Trinajstić information content (AvgIpc) is 2.29. The summed E-state index contributed by atoms with van der Waals surface area (Å²) in [5.74, 6) is -0.273. The van der Waals surface area contributed by atoms with E-state index in [2.05, 4.69) is 10.1 Å². The molecule has 0 saturated heterocycles. The van der Waals surface area contributed by atoms with Crippen LogP contribution in [0.3, 0.4) is 0 Å². The van der Waals surface area contributed by atoms with Crippen LogP contribution in [-0.4, -0.2) is 20.1 Å². The second-order valence-corrected chi connectivity index (χ2v) is 4.11. The van der Waals surface area contributed by atoms with Gasteiger partial charge in [-0.2, -0.15) is 0 Å². The van der Waals surface area contributed by atoms with Crippen LogP contribution in [0.2, 0.25) is 10.0 Å². The number of esters is 1. The van der Waals surface area contributed by atoms with Crippen molar-refractivity contribution in [3.63, 3.8) is 0 Å². The first-order valence-electron chi connectivity index (χ1n) is 4.77. The van der Waals surface area contributed by atoms with Gasteiger partial charge in [0.25, 0.3) is 0 Å². The molecule has 1 unspecified atom stereocenters. The minimum Gasteiger partial charge on any atom is -0.469 e. The smallest absolute Gasteiger partial charge is 0.307 e. The zero-order chi connectivity index (χ0) is 12.1. The minimum absolute atomic E-state index is 0.123. The highest BCUT2D eigenvalue weighted by Gasteiger charge is 2.15. The van der Waals surface area contributed by atoms with Gasteiger partial charge in [-0.15, -0.1) is 0 Å². The lowest BCUT2D eigenvalue weighted by molar-refractivity contribution is -0.141. The van der Waals surface area contributed by atoms with Crippen LogP contribution in [0, 0.1) is 0 Å². The summed E-state index contributed by atoms with van der Waals surface area (Å²) < 4.78 is 4.62. The van der Waals surface area contributed by atoms with Crippen LogP contribution in [0.25, 0.3) is 0 Å². The van der Waals surface area contributed by atoms with Gasteiger partial charge in [0.1, 0.15) is 0 Å². The van der Waals surface area contributed by atoms with Crippen molar-refractivity contribution in [1.29, 1.82) is 0 Å². The molecule has 0 fully saturated rings. The molecule has 0 aliphatic heterocycles. The highest BCUT2D eigenvalue weighted by Crippen LogP contribution is 2.26. The Morgan fingerprint density at radius 1 is 1.44 bits per heavy atom. The number of nitrogens with one attached hydrogen (secondary N) is 1. The Morgan fingerprint density at radius 2 is 2.12 bits per heavy atom. The number of hydrogen-bond acceptors (Lipinski definition) is 3. The SMILES string of the molecule is CNC(CC(=O)OC)c1ccc(Cl)c(Cl)c1. The Hall–Kier alpha value is -0.770. The lowest BCUT2D eigenvalue weighted by atomic mass is 10.0. The predicted molar refractivity (Wildman–Crippen MR) is 64.9 cm³/mol. The molecule has 1 N–H and O–H groups in total. The Morgan fingerprint density at radius 3 is 2.62 bits per heavy atom. The second kappa shape index (κ2) is 6.09. The summed E-state index contributed by atoms with van der Waals surface area (Å²) >= 11 is 11.7.